The van der Waals surface area contributed by atoms with Gasteiger partial charge in [0.1, 0.15) is 6.17 Å². The molecule has 0 amide bonds. The fourth-order valence-corrected chi connectivity index (χ4v) is 3.46. The van der Waals surface area contributed by atoms with E-state index < -0.39 is 11.6 Å². The Hall–Kier alpha value is -2.88. The normalized spacial score (nSPS) is 15.0. The fraction of sp³-hybridized carbons (Fsp3) is 0.143. The van der Waals surface area contributed by atoms with E-state index in [4.69, 9.17) is 0 Å². The zero-order chi connectivity index (χ0) is 17.2. The van der Waals surface area contributed by atoms with Gasteiger partial charge in [-0.15, -0.1) is 0 Å². The number of benzene rings is 3. The second-order valence-corrected chi connectivity index (χ2v) is 6.07. The molecule has 0 bridgehead atoms. The predicted molar refractivity (Wildman–Crippen MR) is 96.7 cm³/mol. The van der Waals surface area contributed by atoms with Crippen molar-refractivity contribution in [3.8, 4) is 0 Å². The van der Waals surface area contributed by atoms with E-state index in [-0.39, 0.29) is 6.17 Å². The molecule has 4 rings (SSSR count). The molecule has 25 heavy (non-hydrogen) atoms. The molecule has 1 heterocycles. The van der Waals surface area contributed by atoms with Crippen LogP contribution in [-0.2, 0) is 0 Å². The van der Waals surface area contributed by atoms with Crippen molar-refractivity contribution in [2.75, 3.05) is 22.9 Å². The number of para-hydroxylation sites is 2. The van der Waals surface area contributed by atoms with Gasteiger partial charge in [0.2, 0.25) is 0 Å². The van der Waals surface area contributed by atoms with E-state index in [1.807, 2.05) is 60.7 Å². The van der Waals surface area contributed by atoms with Crippen LogP contribution < -0.4 is 9.80 Å². The van der Waals surface area contributed by atoms with Crippen LogP contribution >= 0.6 is 0 Å². The zero-order valence-corrected chi connectivity index (χ0v) is 13.6. The third kappa shape index (κ3) is 2.84. The molecule has 3 aromatic carbocycles. The summed E-state index contributed by atoms with van der Waals surface area (Å²) >= 11 is 0. The minimum atomic E-state index is -0.814. The molecule has 1 saturated heterocycles. The predicted octanol–water partition coefficient (Wildman–Crippen LogP) is 4.99. The quantitative estimate of drug-likeness (QED) is 0.665. The molecule has 0 unspecified atom stereocenters. The zero-order valence-electron chi connectivity index (χ0n) is 13.6. The standard InChI is InChI=1S/C21H18F2N2/c22-19-13-7-12-18(20(19)23)21-24(16-8-3-1-4-9-16)14-15-25(21)17-10-5-2-6-11-17/h1-13,21H,14-15H2. The first kappa shape index (κ1) is 15.6. The lowest BCUT2D eigenvalue weighted by atomic mass is 10.1. The average molecular weight is 336 g/mol. The van der Waals surface area contributed by atoms with Gasteiger partial charge in [-0.2, -0.15) is 0 Å². The van der Waals surface area contributed by atoms with E-state index in [0.29, 0.717) is 5.56 Å². The van der Waals surface area contributed by atoms with Crippen LogP contribution in [0.2, 0.25) is 0 Å². The maximum atomic E-state index is 14.6. The molecule has 2 nitrogen and oxygen atoms in total. The number of halogens is 2. The molecular formula is C21H18F2N2. The highest BCUT2D eigenvalue weighted by Crippen LogP contribution is 2.38. The summed E-state index contributed by atoms with van der Waals surface area (Å²) in [5.41, 5.74) is 2.34. The summed E-state index contributed by atoms with van der Waals surface area (Å²) in [6.45, 7) is 1.47. The van der Waals surface area contributed by atoms with Crippen molar-refractivity contribution in [2.45, 2.75) is 6.17 Å². The number of nitrogens with zero attached hydrogens (tertiary/aromatic N) is 2. The van der Waals surface area contributed by atoms with E-state index in [0.717, 1.165) is 30.5 Å². The molecule has 1 aliphatic rings. The lowest BCUT2D eigenvalue weighted by Crippen LogP contribution is -2.31. The van der Waals surface area contributed by atoms with E-state index >= 15 is 0 Å². The molecule has 0 N–H and O–H groups in total. The Labute approximate surface area is 145 Å². The van der Waals surface area contributed by atoms with Gasteiger partial charge < -0.3 is 9.80 Å². The minimum Gasteiger partial charge on any atom is -0.345 e. The highest BCUT2D eigenvalue weighted by molar-refractivity contribution is 5.59. The van der Waals surface area contributed by atoms with Gasteiger partial charge >= 0.3 is 0 Å². The molecule has 0 aromatic heterocycles. The molecule has 3 aromatic rings. The van der Waals surface area contributed by atoms with Crippen LogP contribution in [-0.4, -0.2) is 13.1 Å². The first-order chi connectivity index (χ1) is 12.3. The molecule has 0 spiro atoms. The maximum absolute atomic E-state index is 14.6. The minimum absolute atomic E-state index is 0.352. The Morgan fingerprint density at radius 1 is 0.640 bits per heavy atom. The van der Waals surface area contributed by atoms with Crippen LogP contribution in [0.25, 0.3) is 0 Å². The van der Waals surface area contributed by atoms with Crippen LogP contribution in [0.15, 0.2) is 78.9 Å². The average Bonchev–Trinajstić information content (AvgIpc) is 3.10. The molecule has 126 valence electrons. The second kappa shape index (κ2) is 6.55. The summed E-state index contributed by atoms with van der Waals surface area (Å²) < 4.78 is 28.5. The Morgan fingerprint density at radius 3 is 1.68 bits per heavy atom. The van der Waals surface area contributed by atoms with Crippen LogP contribution in [0.1, 0.15) is 11.7 Å². The topological polar surface area (TPSA) is 6.48 Å². The van der Waals surface area contributed by atoms with Crippen LogP contribution in [0.4, 0.5) is 20.2 Å². The summed E-state index contributed by atoms with van der Waals surface area (Å²) in [5.74, 6) is -1.60. The third-order valence-corrected chi connectivity index (χ3v) is 4.61. The van der Waals surface area contributed by atoms with E-state index in [1.165, 1.54) is 0 Å². The first-order valence-electron chi connectivity index (χ1n) is 8.33. The summed E-state index contributed by atoms with van der Waals surface area (Å²) in [5, 5.41) is 0. The van der Waals surface area contributed by atoms with E-state index in [2.05, 4.69) is 9.80 Å². The molecule has 0 aliphatic carbocycles. The number of hydrogen-bond donors (Lipinski definition) is 0. The van der Waals surface area contributed by atoms with Crippen molar-refractivity contribution < 1.29 is 8.78 Å². The Balaban J connectivity index is 1.83. The summed E-state index contributed by atoms with van der Waals surface area (Å²) in [4.78, 5) is 4.23. The van der Waals surface area contributed by atoms with Crippen LogP contribution in [0, 0.1) is 11.6 Å². The van der Waals surface area contributed by atoms with Crippen molar-refractivity contribution >= 4 is 11.4 Å². The summed E-state index contributed by atoms with van der Waals surface area (Å²) in [7, 11) is 0. The monoisotopic (exact) mass is 336 g/mol. The van der Waals surface area contributed by atoms with Crippen molar-refractivity contribution in [3.05, 3.63) is 96.1 Å². The largest absolute Gasteiger partial charge is 0.345 e. The molecule has 0 saturated carbocycles. The first-order valence-corrected chi connectivity index (χ1v) is 8.33. The van der Waals surface area contributed by atoms with Crippen molar-refractivity contribution in [1.29, 1.82) is 0 Å². The maximum Gasteiger partial charge on any atom is 0.165 e. The van der Waals surface area contributed by atoms with Gasteiger partial charge in [-0.3, -0.25) is 0 Å². The number of hydrogen-bond acceptors (Lipinski definition) is 2. The molecule has 1 aliphatic heterocycles. The summed E-state index contributed by atoms with van der Waals surface area (Å²) in [6, 6.07) is 24.1. The Bertz CT molecular complexity index is 805. The smallest absolute Gasteiger partial charge is 0.165 e. The number of rotatable bonds is 3. The van der Waals surface area contributed by atoms with Gasteiger partial charge in [-0.25, -0.2) is 8.78 Å². The third-order valence-electron chi connectivity index (χ3n) is 4.61. The second-order valence-electron chi connectivity index (χ2n) is 6.07. The Kier molecular flexibility index (Phi) is 4.10. The van der Waals surface area contributed by atoms with Gasteiger partial charge in [0.25, 0.3) is 0 Å². The highest BCUT2D eigenvalue weighted by atomic mass is 19.2. The fourth-order valence-electron chi connectivity index (χ4n) is 3.46. The van der Waals surface area contributed by atoms with Crippen LogP contribution in [0.3, 0.4) is 0 Å². The molecule has 0 radical (unpaired) electrons. The van der Waals surface area contributed by atoms with Gasteiger partial charge in [0, 0.05) is 30.0 Å². The van der Waals surface area contributed by atoms with E-state index in [1.54, 1.807) is 12.1 Å². The Morgan fingerprint density at radius 2 is 1.16 bits per heavy atom. The number of anilines is 2. The van der Waals surface area contributed by atoms with Gasteiger partial charge in [-0.05, 0) is 30.3 Å². The summed E-state index contributed by atoms with van der Waals surface area (Å²) in [6.07, 6.45) is -0.388. The SMILES string of the molecule is Fc1cccc(C2N(c3ccccc3)CCN2c2ccccc2)c1F. The van der Waals surface area contributed by atoms with Gasteiger partial charge in [0.05, 0.1) is 0 Å². The molecule has 0 atom stereocenters. The van der Waals surface area contributed by atoms with E-state index in [9.17, 15) is 8.78 Å². The van der Waals surface area contributed by atoms with Gasteiger partial charge in [0.15, 0.2) is 11.6 Å². The van der Waals surface area contributed by atoms with Crippen molar-refractivity contribution in [2.24, 2.45) is 0 Å². The molecular weight excluding hydrogens is 318 g/mol. The van der Waals surface area contributed by atoms with Crippen molar-refractivity contribution in [1.82, 2.24) is 0 Å². The lowest BCUT2D eigenvalue weighted by Gasteiger charge is -2.33. The van der Waals surface area contributed by atoms with Crippen LogP contribution in [0.5, 0.6) is 0 Å². The molecule has 4 heteroatoms. The molecule has 1 fully saturated rings. The van der Waals surface area contributed by atoms with Crippen molar-refractivity contribution in [3.63, 3.8) is 0 Å². The lowest BCUT2D eigenvalue weighted by molar-refractivity contribution is 0.488. The highest BCUT2D eigenvalue weighted by Gasteiger charge is 2.35. The van der Waals surface area contributed by atoms with Gasteiger partial charge in [-0.1, -0.05) is 48.5 Å².